The van der Waals surface area contributed by atoms with Crippen molar-refractivity contribution in [2.75, 3.05) is 122 Å². The van der Waals surface area contributed by atoms with Gasteiger partial charge in [0.25, 0.3) is 0 Å². The van der Waals surface area contributed by atoms with E-state index in [0.717, 1.165) is 34.5 Å². The molecule has 0 aromatic carbocycles. The van der Waals surface area contributed by atoms with Gasteiger partial charge in [0.1, 0.15) is 39.6 Å². The first-order valence-electron chi connectivity index (χ1n) is 25.6. The van der Waals surface area contributed by atoms with E-state index in [4.69, 9.17) is 33.2 Å². The maximum absolute atomic E-state index is 13.3. The monoisotopic (exact) mass is 1120 g/mol. The third-order valence-corrected chi connectivity index (χ3v) is 17.8. The predicted molar refractivity (Wildman–Crippen MR) is 302 cm³/mol. The fourth-order valence-electron chi connectivity index (χ4n) is 5.67. The van der Waals surface area contributed by atoms with Crippen molar-refractivity contribution in [3.8, 4) is 0 Å². The van der Waals surface area contributed by atoms with Gasteiger partial charge in [0.15, 0.2) is 0 Å². The second-order valence-corrected chi connectivity index (χ2v) is 27.7. The summed E-state index contributed by atoms with van der Waals surface area (Å²) in [5.41, 5.74) is -2.76. The lowest BCUT2D eigenvalue weighted by molar-refractivity contribution is -0.174. The smallest absolute Gasteiger partial charge is 0.306 e. The van der Waals surface area contributed by atoms with Gasteiger partial charge in [0.2, 0.25) is 0 Å². The van der Waals surface area contributed by atoms with Crippen LogP contribution in [0.2, 0.25) is 0 Å². The van der Waals surface area contributed by atoms with Crippen LogP contribution >= 0.6 is 70.6 Å². The Labute approximate surface area is 455 Å². The fourth-order valence-corrected chi connectivity index (χ4v) is 11.4. The summed E-state index contributed by atoms with van der Waals surface area (Å²) in [4.78, 5) is 79.7. The van der Waals surface area contributed by atoms with Crippen LogP contribution in [0.5, 0.6) is 0 Å². The molecule has 19 heteroatoms. The zero-order valence-corrected chi connectivity index (χ0v) is 50.5. The molecule has 71 heavy (non-hydrogen) atoms. The third kappa shape index (κ3) is 42.8. The van der Waals surface area contributed by atoms with Crippen LogP contribution < -0.4 is 0 Å². The Morgan fingerprint density at radius 2 is 0.437 bits per heavy atom. The Bertz CT molecular complexity index is 1180. The Balaban J connectivity index is 7.03. The Morgan fingerprint density at radius 3 is 0.577 bits per heavy atom. The van der Waals surface area contributed by atoms with Crippen LogP contribution in [0.3, 0.4) is 0 Å². The van der Waals surface area contributed by atoms with Gasteiger partial charge >= 0.3 is 35.8 Å². The summed E-state index contributed by atoms with van der Waals surface area (Å²) >= 11 is 9.90. The van der Waals surface area contributed by atoms with Gasteiger partial charge in [-0.15, -0.1) is 0 Å². The van der Waals surface area contributed by atoms with Crippen LogP contribution in [0, 0.1) is 46.3 Å². The second kappa shape index (κ2) is 43.0. The number of ether oxygens (including phenoxy) is 7. The first kappa shape index (κ1) is 69.9. The average Bonchev–Trinajstić information content (AvgIpc) is 3.30. The minimum atomic E-state index is -1.38. The van der Waals surface area contributed by atoms with E-state index in [9.17, 15) is 28.8 Å². The van der Waals surface area contributed by atoms with E-state index in [1.807, 2.05) is 0 Å². The van der Waals surface area contributed by atoms with Gasteiger partial charge in [-0.2, -0.15) is 70.6 Å². The molecular formula is C52H94O13S6. The highest BCUT2D eigenvalue weighted by molar-refractivity contribution is 8.00. The van der Waals surface area contributed by atoms with Crippen molar-refractivity contribution in [3.63, 3.8) is 0 Å². The minimum Gasteiger partial charge on any atom is -0.465 e. The molecule has 0 aromatic rings. The lowest BCUT2D eigenvalue weighted by Crippen LogP contribution is -2.47. The van der Waals surface area contributed by atoms with Gasteiger partial charge in [-0.1, -0.05) is 83.1 Å². The third-order valence-electron chi connectivity index (χ3n) is 9.46. The molecular weight excluding hydrogens is 1020 g/mol. The predicted octanol–water partition coefficient (Wildman–Crippen LogP) is 10.9. The second-order valence-electron chi connectivity index (χ2n) is 20.8. The average molecular weight is 1120 g/mol. The molecule has 0 saturated carbocycles. The molecule has 0 spiro atoms. The van der Waals surface area contributed by atoms with Crippen LogP contribution in [-0.4, -0.2) is 158 Å². The molecule has 0 aliphatic carbocycles. The zero-order chi connectivity index (χ0) is 53.5. The van der Waals surface area contributed by atoms with E-state index in [1.54, 1.807) is 70.6 Å². The van der Waals surface area contributed by atoms with E-state index >= 15 is 0 Å². The van der Waals surface area contributed by atoms with Crippen LogP contribution in [0.15, 0.2) is 0 Å². The van der Waals surface area contributed by atoms with E-state index < -0.39 is 46.6 Å². The number of hydrogen-bond acceptors (Lipinski definition) is 19. The molecule has 0 atom stereocenters. The number of rotatable bonds is 46. The van der Waals surface area contributed by atoms with Crippen molar-refractivity contribution in [1.82, 2.24) is 0 Å². The summed E-state index contributed by atoms with van der Waals surface area (Å²) in [5.74, 6) is 8.52. The van der Waals surface area contributed by atoms with Crippen molar-refractivity contribution < 1.29 is 61.9 Å². The molecule has 0 rings (SSSR count). The Morgan fingerprint density at radius 1 is 0.282 bits per heavy atom. The standard InChI is InChI=1S/C52H94O13S6/c1-39(2)25-66-19-13-45(53)60-33-51(34-61-46(54)14-20-67-26-40(3)4,35-62-47(55)15-21-68-27-41(5)6)31-59-32-52(36-63-48(56)16-22-69-28-42(7)8,37-64-49(57)17-23-70-29-43(9)10)38-65-50(58)18-24-71-30-44(11)12/h39-44H,13-38H2,1-12H3. The summed E-state index contributed by atoms with van der Waals surface area (Å²) in [7, 11) is 0. The summed E-state index contributed by atoms with van der Waals surface area (Å²) in [6.45, 7) is 22.9. The van der Waals surface area contributed by atoms with Crippen molar-refractivity contribution in [2.24, 2.45) is 46.3 Å². The summed E-state index contributed by atoms with van der Waals surface area (Å²) < 4.78 is 41.9. The van der Waals surface area contributed by atoms with Crippen LogP contribution in [0.1, 0.15) is 122 Å². The molecule has 0 radical (unpaired) electrons. The maximum atomic E-state index is 13.3. The van der Waals surface area contributed by atoms with Crippen LogP contribution in [0.25, 0.3) is 0 Å². The summed E-state index contributed by atoms with van der Waals surface area (Å²) in [6.07, 6.45) is 0.840. The fraction of sp³-hybridized carbons (Fsp3) is 0.885. The quantitative estimate of drug-likeness (QED) is 0.0320. The van der Waals surface area contributed by atoms with Crippen molar-refractivity contribution in [3.05, 3.63) is 0 Å². The van der Waals surface area contributed by atoms with Crippen molar-refractivity contribution in [2.45, 2.75) is 122 Å². The first-order valence-corrected chi connectivity index (χ1v) is 32.5. The SMILES string of the molecule is CC(C)CSCCC(=O)OCC(COCC(COC(=O)CCSCC(C)C)(COC(=O)CCSCC(C)C)COC(=O)CCSCC(C)C)(COC(=O)CCSCC(C)C)COC(=O)CCSCC(C)C. The molecule has 13 nitrogen and oxygen atoms in total. The highest BCUT2D eigenvalue weighted by atomic mass is 32.2. The lowest BCUT2D eigenvalue weighted by atomic mass is 9.90. The minimum absolute atomic E-state index is 0.140. The number of hydrogen-bond donors (Lipinski definition) is 0. The van der Waals surface area contributed by atoms with Gasteiger partial charge in [-0.3, -0.25) is 28.8 Å². The molecule has 416 valence electrons. The molecule has 0 aliphatic heterocycles. The van der Waals surface area contributed by atoms with E-state index in [1.165, 1.54) is 0 Å². The maximum Gasteiger partial charge on any atom is 0.306 e. The van der Waals surface area contributed by atoms with Gasteiger partial charge < -0.3 is 33.2 Å². The van der Waals surface area contributed by atoms with Crippen LogP contribution in [0.4, 0.5) is 0 Å². The highest BCUT2D eigenvalue weighted by Gasteiger charge is 2.41. The Hall–Kier alpha value is -1.12. The molecule has 0 heterocycles. The van der Waals surface area contributed by atoms with E-state index in [2.05, 4.69) is 83.1 Å². The molecule has 0 aromatic heterocycles. The summed E-state index contributed by atoms with van der Waals surface area (Å²) in [6, 6.07) is 0. The van der Waals surface area contributed by atoms with E-state index in [0.29, 0.717) is 70.0 Å². The molecule has 0 fully saturated rings. The van der Waals surface area contributed by atoms with Gasteiger partial charge in [0, 0.05) is 34.5 Å². The molecule has 0 saturated heterocycles. The number of thioether (sulfide) groups is 6. The van der Waals surface area contributed by atoms with Crippen LogP contribution in [-0.2, 0) is 61.9 Å². The number of esters is 6. The van der Waals surface area contributed by atoms with Crippen molar-refractivity contribution in [1.29, 1.82) is 0 Å². The zero-order valence-electron chi connectivity index (χ0n) is 45.6. The molecule has 0 bridgehead atoms. The van der Waals surface area contributed by atoms with E-state index in [-0.39, 0.29) is 91.4 Å². The number of carbonyl (C=O) groups is 6. The number of carbonyl (C=O) groups excluding carboxylic acids is 6. The first-order chi connectivity index (χ1) is 33.6. The van der Waals surface area contributed by atoms with Gasteiger partial charge in [-0.25, -0.2) is 0 Å². The Kier molecular flexibility index (Phi) is 42.4. The molecule has 0 unspecified atom stereocenters. The van der Waals surface area contributed by atoms with Gasteiger partial charge in [0.05, 0.1) is 62.6 Å². The molecule has 0 N–H and O–H groups in total. The summed E-state index contributed by atoms with van der Waals surface area (Å²) in [5, 5.41) is 0. The molecule has 0 amide bonds. The largest absolute Gasteiger partial charge is 0.465 e. The highest BCUT2D eigenvalue weighted by Crippen LogP contribution is 2.28. The topological polar surface area (TPSA) is 167 Å². The lowest BCUT2D eigenvalue weighted by Gasteiger charge is -2.35. The van der Waals surface area contributed by atoms with Gasteiger partial charge in [-0.05, 0) is 70.0 Å². The molecule has 0 aliphatic rings. The normalized spacial score (nSPS) is 12.1. The van der Waals surface area contributed by atoms with Crippen molar-refractivity contribution >= 4 is 106 Å².